The van der Waals surface area contributed by atoms with Crippen LogP contribution < -0.4 is 10.2 Å². The van der Waals surface area contributed by atoms with Gasteiger partial charge in [0.25, 0.3) is 0 Å². The van der Waals surface area contributed by atoms with Gasteiger partial charge >= 0.3 is 0 Å². The molecule has 6 nitrogen and oxygen atoms in total. The van der Waals surface area contributed by atoms with Gasteiger partial charge in [0.15, 0.2) is 5.96 Å². The summed E-state index contributed by atoms with van der Waals surface area (Å²) in [5.74, 6) is 2.21. The largest absolute Gasteiger partial charge is 0.368 e. The molecule has 1 aromatic heterocycles. The minimum absolute atomic E-state index is 0.740. The van der Waals surface area contributed by atoms with Crippen molar-refractivity contribution in [1.82, 2.24) is 19.8 Å². The van der Waals surface area contributed by atoms with E-state index in [-0.39, 0.29) is 0 Å². The number of hydrogen-bond donors (Lipinski definition) is 1. The summed E-state index contributed by atoms with van der Waals surface area (Å²) in [6.07, 6.45) is 5.83. The second-order valence-electron chi connectivity index (χ2n) is 7.89. The Morgan fingerprint density at radius 1 is 1.11 bits per heavy atom. The van der Waals surface area contributed by atoms with Crippen molar-refractivity contribution >= 4 is 11.6 Å². The summed E-state index contributed by atoms with van der Waals surface area (Å²) in [5, 5.41) is 3.52. The molecular weight excluding hydrogens is 348 g/mol. The van der Waals surface area contributed by atoms with Gasteiger partial charge in [-0.3, -0.25) is 4.99 Å². The lowest BCUT2D eigenvalue weighted by molar-refractivity contribution is 0.372. The van der Waals surface area contributed by atoms with Gasteiger partial charge in [0.1, 0.15) is 5.82 Å². The first-order valence-corrected chi connectivity index (χ1v) is 10.5. The van der Waals surface area contributed by atoms with Gasteiger partial charge in [-0.25, -0.2) is 4.98 Å². The first kappa shape index (κ1) is 18.8. The second kappa shape index (κ2) is 8.25. The molecule has 0 amide bonds. The molecule has 1 fully saturated rings. The number of rotatable bonds is 3. The summed E-state index contributed by atoms with van der Waals surface area (Å²) >= 11 is 0. The molecule has 2 aliphatic heterocycles. The minimum Gasteiger partial charge on any atom is -0.368 e. The number of aliphatic imine (C=N–C) groups is 1. The van der Waals surface area contributed by atoms with Crippen LogP contribution in [0.15, 0.2) is 29.4 Å². The van der Waals surface area contributed by atoms with E-state index in [2.05, 4.69) is 62.9 Å². The molecule has 0 atom stereocenters. The number of hydrogen-bond acceptors (Lipinski definition) is 3. The van der Waals surface area contributed by atoms with Crippen LogP contribution in [0.1, 0.15) is 35.5 Å². The van der Waals surface area contributed by atoms with Crippen molar-refractivity contribution in [2.75, 3.05) is 38.1 Å². The van der Waals surface area contributed by atoms with Crippen molar-refractivity contribution in [3.8, 4) is 0 Å². The molecule has 1 saturated heterocycles. The van der Waals surface area contributed by atoms with E-state index in [9.17, 15) is 0 Å². The van der Waals surface area contributed by atoms with Crippen LogP contribution in [0.2, 0.25) is 0 Å². The molecule has 4 rings (SSSR count). The maximum Gasteiger partial charge on any atom is 0.194 e. The van der Waals surface area contributed by atoms with Gasteiger partial charge in [-0.05, 0) is 43.9 Å². The molecule has 0 radical (unpaired) electrons. The Labute approximate surface area is 168 Å². The van der Waals surface area contributed by atoms with Crippen LogP contribution in [0, 0.1) is 13.8 Å². The van der Waals surface area contributed by atoms with Crippen LogP contribution in [0.3, 0.4) is 0 Å². The summed E-state index contributed by atoms with van der Waals surface area (Å²) in [6, 6.07) is 6.59. The van der Waals surface area contributed by atoms with Gasteiger partial charge in [-0.15, -0.1) is 0 Å². The normalized spacial score (nSPS) is 17.6. The van der Waals surface area contributed by atoms with E-state index < -0.39 is 0 Å². The zero-order chi connectivity index (χ0) is 19.5. The smallest absolute Gasteiger partial charge is 0.194 e. The average molecular weight is 381 g/mol. The fourth-order valence-electron chi connectivity index (χ4n) is 4.30. The lowest BCUT2D eigenvalue weighted by atomic mass is 10.1. The number of benzene rings is 1. The molecule has 28 heavy (non-hydrogen) atoms. The van der Waals surface area contributed by atoms with E-state index in [0.29, 0.717) is 0 Å². The number of aryl methyl sites for hydroxylation is 3. The van der Waals surface area contributed by atoms with Crippen LogP contribution in [-0.4, -0.2) is 53.6 Å². The topological polar surface area (TPSA) is 48.7 Å². The van der Waals surface area contributed by atoms with Crippen LogP contribution in [0.5, 0.6) is 0 Å². The Morgan fingerprint density at radius 2 is 1.93 bits per heavy atom. The molecule has 150 valence electrons. The molecule has 0 saturated carbocycles. The maximum absolute atomic E-state index is 4.79. The Hall–Kier alpha value is -2.50. The molecule has 1 N–H and O–H groups in total. The number of fused-ring (bicyclic) bond motifs is 1. The van der Waals surface area contributed by atoms with Crippen molar-refractivity contribution in [1.29, 1.82) is 0 Å². The third kappa shape index (κ3) is 3.86. The van der Waals surface area contributed by atoms with Gasteiger partial charge in [0.2, 0.25) is 0 Å². The number of anilines is 1. The van der Waals surface area contributed by atoms with E-state index in [1.54, 1.807) is 0 Å². The molecule has 3 heterocycles. The Morgan fingerprint density at radius 3 is 2.68 bits per heavy atom. The molecule has 2 aliphatic rings. The van der Waals surface area contributed by atoms with E-state index in [4.69, 9.17) is 4.98 Å². The molecule has 0 aliphatic carbocycles. The van der Waals surface area contributed by atoms with Crippen molar-refractivity contribution in [2.24, 2.45) is 4.99 Å². The number of nitrogens with zero attached hydrogens (tertiary/aromatic N) is 5. The predicted octanol–water partition coefficient (Wildman–Crippen LogP) is 2.73. The SMILES string of the molecule is CN=C(NCc1cn2c(n1)CCCC2)N1CCN(c2cccc(C)c2C)CC1. The van der Waals surface area contributed by atoms with Crippen molar-refractivity contribution in [3.05, 3.63) is 47.0 Å². The van der Waals surface area contributed by atoms with E-state index >= 15 is 0 Å². The van der Waals surface area contributed by atoms with E-state index in [1.165, 1.54) is 35.5 Å². The zero-order valence-electron chi connectivity index (χ0n) is 17.4. The summed E-state index contributed by atoms with van der Waals surface area (Å²) in [4.78, 5) is 14.2. The average Bonchev–Trinajstić information content (AvgIpc) is 3.14. The minimum atomic E-state index is 0.740. The van der Waals surface area contributed by atoms with Gasteiger partial charge in [0.05, 0.1) is 12.2 Å². The Bertz CT molecular complexity index is 821. The number of nitrogens with one attached hydrogen (secondary N) is 1. The van der Waals surface area contributed by atoms with Gasteiger partial charge < -0.3 is 19.7 Å². The highest BCUT2D eigenvalue weighted by Gasteiger charge is 2.21. The van der Waals surface area contributed by atoms with Gasteiger partial charge in [0, 0.05) is 58.1 Å². The lowest BCUT2D eigenvalue weighted by Gasteiger charge is -2.38. The standard InChI is InChI=1S/C22H32N6/c1-17-7-6-8-20(18(17)2)26-11-13-27(14-12-26)22(23-3)24-15-19-16-28-10-5-4-9-21(28)25-19/h6-8,16H,4-5,9-15H2,1-3H3,(H,23,24). The third-order valence-electron chi connectivity index (χ3n) is 6.09. The highest BCUT2D eigenvalue weighted by Crippen LogP contribution is 2.24. The van der Waals surface area contributed by atoms with Crippen LogP contribution in [0.4, 0.5) is 5.69 Å². The molecule has 0 unspecified atom stereocenters. The van der Waals surface area contributed by atoms with Crippen molar-refractivity contribution in [3.63, 3.8) is 0 Å². The highest BCUT2D eigenvalue weighted by molar-refractivity contribution is 5.80. The first-order chi connectivity index (χ1) is 13.7. The zero-order valence-corrected chi connectivity index (χ0v) is 17.4. The van der Waals surface area contributed by atoms with Crippen LogP contribution in [0.25, 0.3) is 0 Å². The van der Waals surface area contributed by atoms with Crippen molar-refractivity contribution < 1.29 is 0 Å². The quantitative estimate of drug-likeness (QED) is 0.657. The molecule has 0 spiro atoms. The van der Waals surface area contributed by atoms with Crippen LogP contribution >= 0.6 is 0 Å². The number of aromatic nitrogens is 2. The summed E-state index contributed by atoms with van der Waals surface area (Å²) < 4.78 is 2.31. The Kier molecular flexibility index (Phi) is 5.55. The lowest BCUT2D eigenvalue weighted by Crippen LogP contribution is -2.52. The Balaban J connectivity index is 1.34. The monoisotopic (exact) mass is 380 g/mol. The van der Waals surface area contributed by atoms with Gasteiger partial charge in [-0.1, -0.05) is 12.1 Å². The molecular formula is C22H32N6. The third-order valence-corrected chi connectivity index (χ3v) is 6.09. The second-order valence-corrected chi connectivity index (χ2v) is 7.89. The molecule has 1 aromatic carbocycles. The van der Waals surface area contributed by atoms with Gasteiger partial charge in [-0.2, -0.15) is 0 Å². The van der Waals surface area contributed by atoms with Crippen molar-refractivity contribution in [2.45, 2.75) is 46.2 Å². The number of imidazole rings is 1. The molecule has 2 aromatic rings. The molecule has 6 heteroatoms. The maximum atomic E-state index is 4.79. The summed E-state index contributed by atoms with van der Waals surface area (Å²) in [6.45, 7) is 10.3. The van der Waals surface area contributed by atoms with E-state index in [1.807, 2.05) is 7.05 Å². The van der Waals surface area contributed by atoms with Crippen LogP contribution in [-0.2, 0) is 19.5 Å². The fourth-order valence-corrected chi connectivity index (χ4v) is 4.30. The number of guanidine groups is 1. The molecule has 0 bridgehead atoms. The summed E-state index contributed by atoms with van der Waals surface area (Å²) in [7, 11) is 1.87. The predicted molar refractivity (Wildman–Crippen MR) is 115 cm³/mol. The highest BCUT2D eigenvalue weighted by atomic mass is 15.3. The first-order valence-electron chi connectivity index (χ1n) is 10.5. The fraction of sp³-hybridized carbons (Fsp3) is 0.545. The number of piperazine rings is 1. The summed E-state index contributed by atoms with van der Waals surface area (Å²) in [5.41, 5.74) is 5.24. The van der Waals surface area contributed by atoms with E-state index in [0.717, 1.165) is 57.3 Å².